The zero-order valence-corrected chi connectivity index (χ0v) is 7.45. The molecule has 0 heterocycles. The summed E-state index contributed by atoms with van der Waals surface area (Å²) in [6, 6.07) is 0. The van der Waals surface area contributed by atoms with Crippen molar-refractivity contribution < 1.29 is 4.58 Å². The SMILES string of the molecule is CC(C)=[N+](C)C(C)(C)C. The van der Waals surface area contributed by atoms with Crippen LogP contribution in [0.4, 0.5) is 0 Å². The second kappa shape index (κ2) is 2.51. The van der Waals surface area contributed by atoms with Gasteiger partial charge in [0.15, 0.2) is 5.54 Å². The first-order chi connectivity index (χ1) is 3.85. The van der Waals surface area contributed by atoms with Crippen molar-refractivity contribution in [1.29, 1.82) is 0 Å². The highest BCUT2D eigenvalue weighted by atomic mass is 15.0. The van der Waals surface area contributed by atoms with Gasteiger partial charge in [-0.05, 0) is 20.8 Å². The van der Waals surface area contributed by atoms with Crippen LogP contribution in [-0.4, -0.2) is 22.9 Å². The van der Waals surface area contributed by atoms with E-state index in [9.17, 15) is 0 Å². The van der Waals surface area contributed by atoms with Crippen molar-refractivity contribution >= 4 is 5.71 Å². The Balaban J connectivity index is 4.40. The van der Waals surface area contributed by atoms with Gasteiger partial charge in [-0.1, -0.05) is 0 Å². The van der Waals surface area contributed by atoms with E-state index in [1.165, 1.54) is 5.71 Å². The molecule has 0 aliphatic rings. The van der Waals surface area contributed by atoms with Crippen molar-refractivity contribution in [3.8, 4) is 0 Å². The minimum absolute atomic E-state index is 0.277. The molecule has 0 saturated carbocycles. The molecule has 0 spiro atoms. The van der Waals surface area contributed by atoms with E-state index >= 15 is 0 Å². The van der Waals surface area contributed by atoms with Gasteiger partial charge in [0.25, 0.3) is 0 Å². The zero-order chi connectivity index (χ0) is 7.65. The Kier molecular flexibility index (Phi) is 2.41. The number of hydrogen-bond acceptors (Lipinski definition) is 0. The Bertz CT molecular complexity index is 122. The molecule has 0 fully saturated rings. The number of nitrogens with zero attached hydrogens (tertiary/aromatic N) is 1. The first kappa shape index (κ1) is 8.67. The molecule has 0 aromatic carbocycles. The summed E-state index contributed by atoms with van der Waals surface area (Å²) in [4.78, 5) is 0. The lowest BCUT2D eigenvalue weighted by Gasteiger charge is -2.15. The van der Waals surface area contributed by atoms with Crippen LogP contribution in [0.15, 0.2) is 0 Å². The van der Waals surface area contributed by atoms with Crippen LogP contribution in [0.2, 0.25) is 0 Å². The molecule has 0 saturated heterocycles. The van der Waals surface area contributed by atoms with E-state index < -0.39 is 0 Å². The predicted octanol–water partition coefficient (Wildman–Crippen LogP) is 1.91. The van der Waals surface area contributed by atoms with Crippen LogP contribution >= 0.6 is 0 Å². The van der Waals surface area contributed by atoms with Crippen LogP contribution in [0.1, 0.15) is 34.6 Å². The highest BCUT2D eigenvalue weighted by molar-refractivity contribution is 5.73. The maximum absolute atomic E-state index is 2.27. The summed E-state index contributed by atoms with van der Waals surface area (Å²) in [6.07, 6.45) is 0. The molecule has 0 rings (SSSR count). The van der Waals surface area contributed by atoms with Gasteiger partial charge in [-0.2, -0.15) is 0 Å². The van der Waals surface area contributed by atoms with Crippen LogP contribution in [-0.2, 0) is 0 Å². The van der Waals surface area contributed by atoms with Crippen molar-refractivity contribution in [3.63, 3.8) is 0 Å². The van der Waals surface area contributed by atoms with Gasteiger partial charge >= 0.3 is 0 Å². The molecule has 0 aromatic rings. The molecule has 0 N–H and O–H groups in total. The topological polar surface area (TPSA) is 3.01 Å². The third-order valence-electron chi connectivity index (χ3n) is 1.68. The van der Waals surface area contributed by atoms with Crippen molar-refractivity contribution in [1.82, 2.24) is 0 Å². The minimum Gasteiger partial charge on any atom is -0.236 e. The summed E-state index contributed by atoms with van der Waals surface area (Å²) in [5, 5.41) is 0. The van der Waals surface area contributed by atoms with Crippen LogP contribution in [0.5, 0.6) is 0 Å². The summed E-state index contributed by atoms with van der Waals surface area (Å²) < 4.78 is 2.27. The second-order valence-electron chi connectivity index (χ2n) is 3.68. The van der Waals surface area contributed by atoms with E-state index in [0.29, 0.717) is 0 Å². The standard InChI is InChI=1S/C8H18N/c1-7(2)9(6)8(3,4)5/h1-6H3/q+1. The molecule has 0 aliphatic carbocycles. The van der Waals surface area contributed by atoms with E-state index in [1.807, 2.05) is 0 Å². The van der Waals surface area contributed by atoms with Gasteiger partial charge < -0.3 is 0 Å². The van der Waals surface area contributed by atoms with E-state index in [4.69, 9.17) is 0 Å². The van der Waals surface area contributed by atoms with Crippen molar-refractivity contribution in [2.75, 3.05) is 7.05 Å². The molecule has 0 unspecified atom stereocenters. The highest BCUT2D eigenvalue weighted by Crippen LogP contribution is 2.04. The van der Waals surface area contributed by atoms with Gasteiger partial charge in [-0.25, -0.2) is 4.58 Å². The third kappa shape index (κ3) is 2.64. The van der Waals surface area contributed by atoms with Crippen molar-refractivity contribution in [2.45, 2.75) is 40.2 Å². The molecule has 9 heavy (non-hydrogen) atoms. The Morgan fingerprint density at radius 2 is 1.44 bits per heavy atom. The van der Waals surface area contributed by atoms with Crippen molar-refractivity contribution in [3.05, 3.63) is 0 Å². The van der Waals surface area contributed by atoms with Crippen LogP contribution in [0.25, 0.3) is 0 Å². The summed E-state index contributed by atoms with van der Waals surface area (Å²) in [6.45, 7) is 10.9. The zero-order valence-electron chi connectivity index (χ0n) is 7.45. The largest absolute Gasteiger partial charge is 0.236 e. The summed E-state index contributed by atoms with van der Waals surface area (Å²) >= 11 is 0. The van der Waals surface area contributed by atoms with E-state index in [0.717, 1.165) is 0 Å². The predicted molar refractivity (Wildman–Crippen MR) is 42.3 cm³/mol. The average molecular weight is 128 g/mol. The van der Waals surface area contributed by atoms with Gasteiger partial charge in [-0.3, -0.25) is 0 Å². The van der Waals surface area contributed by atoms with Gasteiger partial charge in [0.1, 0.15) is 12.8 Å². The molecule has 1 nitrogen and oxygen atoms in total. The molecule has 54 valence electrons. The van der Waals surface area contributed by atoms with Crippen LogP contribution < -0.4 is 0 Å². The smallest absolute Gasteiger partial charge is 0.153 e. The van der Waals surface area contributed by atoms with Crippen LogP contribution in [0.3, 0.4) is 0 Å². The quantitative estimate of drug-likeness (QED) is 0.346. The Morgan fingerprint density at radius 1 is 1.11 bits per heavy atom. The maximum Gasteiger partial charge on any atom is 0.153 e. The highest BCUT2D eigenvalue weighted by Gasteiger charge is 2.19. The van der Waals surface area contributed by atoms with Crippen LogP contribution in [0, 0.1) is 0 Å². The molecule has 0 radical (unpaired) electrons. The third-order valence-corrected chi connectivity index (χ3v) is 1.68. The Hall–Kier alpha value is -0.330. The minimum atomic E-state index is 0.277. The lowest BCUT2D eigenvalue weighted by atomic mass is 10.1. The summed E-state index contributed by atoms with van der Waals surface area (Å²) in [5.74, 6) is 0. The van der Waals surface area contributed by atoms with E-state index in [-0.39, 0.29) is 5.54 Å². The molecule has 0 aliphatic heterocycles. The van der Waals surface area contributed by atoms with Gasteiger partial charge in [0.2, 0.25) is 0 Å². The molecular formula is C8H18N+. The molecular weight excluding hydrogens is 110 g/mol. The number of rotatable bonds is 0. The fourth-order valence-corrected chi connectivity index (χ4v) is 0.671. The lowest BCUT2D eigenvalue weighted by molar-refractivity contribution is -0.571. The Morgan fingerprint density at radius 3 is 1.44 bits per heavy atom. The molecule has 0 atom stereocenters. The first-order valence-electron chi connectivity index (χ1n) is 3.39. The average Bonchev–Trinajstić information content (AvgIpc) is 1.62. The number of hydrogen-bond donors (Lipinski definition) is 0. The first-order valence-corrected chi connectivity index (χ1v) is 3.39. The second-order valence-corrected chi connectivity index (χ2v) is 3.68. The molecule has 0 bridgehead atoms. The van der Waals surface area contributed by atoms with Gasteiger partial charge in [-0.15, -0.1) is 0 Å². The monoisotopic (exact) mass is 128 g/mol. The van der Waals surface area contributed by atoms with Gasteiger partial charge in [0, 0.05) is 13.8 Å². The lowest BCUT2D eigenvalue weighted by Crippen LogP contribution is -2.32. The normalized spacial score (nSPS) is 11.3. The molecule has 0 amide bonds. The maximum atomic E-state index is 2.27. The van der Waals surface area contributed by atoms with Gasteiger partial charge in [0.05, 0.1) is 0 Å². The van der Waals surface area contributed by atoms with Crippen molar-refractivity contribution in [2.24, 2.45) is 0 Å². The fourth-order valence-electron chi connectivity index (χ4n) is 0.671. The molecule has 0 aromatic heterocycles. The Labute approximate surface area is 58.4 Å². The fraction of sp³-hybridized carbons (Fsp3) is 0.875. The van der Waals surface area contributed by atoms with E-state index in [1.54, 1.807) is 0 Å². The summed E-state index contributed by atoms with van der Waals surface area (Å²) in [7, 11) is 2.12. The van der Waals surface area contributed by atoms with E-state index in [2.05, 4.69) is 46.2 Å². The summed E-state index contributed by atoms with van der Waals surface area (Å²) in [5.41, 5.74) is 1.64. The molecule has 1 heteroatoms.